The predicted molar refractivity (Wildman–Crippen MR) is 59.3 cm³/mol. The second-order valence-electron chi connectivity index (χ2n) is 3.71. The number of hydrogen-bond acceptors (Lipinski definition) is 5. The highest BCUT2D eigenvalue weighted by atomic mass is 16.3. The Balaban J connectivity index is 3.36. The summed E-state index contributed by atoms with van der Waals surface area (Å²) >= 11 is 0. The van der Waals surface area contributed by atoms with Gasteiger partial charge in [-0.05, 0) is 25.8 Å². The molecule has 0 aromatic carbocycles. The van der Waals surface area contributed by atoms with Crippen LogP contribution >= 0.6 is 0 Å². The molecule has 0 rings (SSSR count). The lowest BCUT2D eigenvalue weighted by Gasteiger charge is -2.19. The molecule has 0 bridgehead atoms. The van der Waals surface area contributed by atoms with Gasteiger partial charge in [0.25, 0.3) is 0 Å². The Hall–Kier alpha value is -0.200. The highest BCUT2D eigenvalue weighted by molar-refractivity contribution is 4.57. The molecule has 1 atom stereocenters. The molecule has 0 aliphatic carbocycles. The average Bonchev–Trinajstić information content (AvgIpc) is 2.17. The molecule has 0 heterocycles. The zero-order chi connectivity index (χ0) is 11.5. The molecule has 0 aromatic heterocycles. The van der Waals surface area contributed by atoms with Gasteiger partial charge < -0.3 is 21.1 Å². The van der Waals surface area contributed by atoms with Crippen molar-refractivity contribution in [2.24, 2.45) is 5.73 Å². The maximum atomic E-state index is 8.83. The van der Waals surface area contributed by atoms with Crippen molar-refractivity contribution in [2.45, 2.75) is 31.9 Å². The summed E-state index contributed by atoms with van der Waals surface area (Å²) in [5.41, 5.74) is 5.21. The third-order valence-corrected chi connectivity index (χ3v) is 2.31. The van der Waals surface area contributed by atoms with Crippen LogP contribution < -0.4 is 5.73 Å². The lowest BCUT2D eigenvalue weighted by atomic mass is 10.2. The molecule has 0 amide bonds. The molecule has 15 heavy (non-hydrogen) atoms. The topological polar surface area (TPSA) is 90.0 Å². The molecule has 0 aliphatic heterocycles. The highest BCUT2D eigenvalue weighted by Crippen LogP contribution is 2.02. The van der Waals surface area contributed by atoms with Crippen LogP contribution in [0.2, 0.25) is 0 Å². The third-order valence-electron chi connectivity index (χ3n) is 2.31. The summed E-state index contributed by atoms with van der Waals surface area (Å²) in [5.74, 6) is 0. The van der Waals surface area contributed by atoms with Crippen LogP contribution in [0, 0.1) is 0 Å². The number of aliphatic hydroxyl groups is 3. The first-order valence-electron chi connectivity index (χ1n) is 5.58. The smallest absolute Gasteiger partial charge is 0.102 e. The lowest BCUT2D eigenvalue weighted by molar-refractivity contribution is 0.154. The molecule has 5 nitrogen and oxygen atoms in total. The van der Waals surface area contributed by atoms with E-state index in [1.807, 2.05) is 4.90 Å². The molecule has 5 N–H and O–H groups in total. The summed E-state index contributed by atoms with van der Waals surface area (Å²) in [6.07, 6.45) is 2.88. The Morgan fingerprint density at radius 3 is 2.00 bits per heavy atom. The first-order chi connectivity index (χ1) is 7.20. The van der Waals surface area contributed by atoms with Crippen molar-refractivity contribution in [1.82, 2.24) is 4.90 Å². The molecule has 0 spiro atoms. The number of nitrogens with two attached hydrogens (primary N) is 1. The van der Waals surface area contributed by atoms with E-state index >= 15 is 0 Å². The Kier molecular flexibility index (Phi) is 10.2. The monoisotopic (exact) mass is 220 g/mol. The Morgan fingerprint density at radius 2 is 1.53 bits per heavy atom. The number of aliphatic hydroxyl groups excluding tert-OH is 3. The Morgan fingerprint density at radius 1 is 0.933 bits per heavy atom. The van der Waals surface area contributed by atoms with Crippen molar-refractivity contribution in [3.8, 4) is 0 Å². The Bertz CT molecular complexity index is 128. The van der Waals surface area contributed by atoms with Gasteiger partial charge in [0.15, 0.2) is 0 Å². The van der Waals surface area contributed by atoms with Crippen LogP contribution in [0.5, 0.6) is 0 Å². The largest absolute Gasteiger partial charge is 0.395 e. The lowest BCUT2D eigenvalue weighted by Crippen LogP contribution is -2.30. The van der Waals surface area contributed by atoms with Gasteiger partial charge in [-0.1, -0.05) is 6.42 Å². The fourth-order valence-corrected chi connectivity index (χ4v) is 1.48. The summed E-state index contributed by atoms with van der Waals surface area (Å²) in [6, 6.07) is 0. The van der Waals surface area contributed by atoms with E-state index in [-0.39, 0.29) is 13.2 Å². The standard InChI is InChI=1S/C10H24N2O3/c11-10(15)4-2-1-3-5-12(6-8-13)7-9-14/h10,13-15H,1-9,11H2. The zero-order valence-corrected chi connectivity index (χ0v) is 9.31. The van der Waals surface area contributed by atoms with Gasteiger partial charge in [0, 0.05) is 13.1 Å². The first-order valence-corrected chi connectivity index (χ1v) is 5.58. The highest BCUT2D eigenvalue weighted by Gasteiger charge is 2.03. The van der Waals surface area contributed by atoms with Crippen molar-refractivity contribution >= 4 is 0 Å². The molecule has 92 valence electrons. The normalized spacial score (nSPS) is 13.4. The second-order valence-corrected chi connectivity index (χ2v) is 3.71. The zero-order valence-electron chi connectivity index (χ0n) is 9.31. The van der Waals surface area contributed by atoms with Crippen LogP contribution in [0.3, 0.4) is 0 Å². The fourth-order valence-electron chi connectivity index (χ4n) is 1.48. The summed E-state index contributed by atoms with van der Waals surface area (Å²) in [5, 5.41) is 26.4. The van der Waals surface area contributed by atoms with E-state index in [1.165, 1.54) is 0 Å². The van der Waals surface area contributed by atoms with Crippen LogP contribution in [0.1, 0.15) is 25.7 Å². The number of rotatable bonds is 10. The number of unbranched alkanes of at least 4 members (excludes halogenated alkanes) is 2. The number of nitrogens with zero attached hydrogens (tertiary/aromatic N) is 1. The van der Waals surface area contributed by atoms with Gasteiger partial charge in [-0.3, -0.25) is 4.90 Å². The van der Waals surface area contributed by atoms with Crippen molar-refractivity contribution in [3.05, 3.63) is 0 Å². The van der Waals surface area contributed by atoms with Gasteiger partial charge in [-0.2, -0.15) is 0 Å². The van der Waals surface area contributed by atoms with Crippen molar-refractivity contribution in [2.75, 3.05) is 32.8 Å². The molecule has 0 saturated carbocycles. The van der Waals surface area contributed by atoms with Gasteiger partial charge in [0.1, 0.15) is 6.23 Å². The van der Waals surface area contributed by atoms with Crippen LogP contribution in [0.25, 0.3) is 0 Å². The average molecular weight is 220 g/mol. The van der Waals surface area contributed by atoms with E-state index in [0.717, 1.165) is 25.8 Å². The molecule has 1 unspecified atom stereocenters. The van der Waals surface area contributed by atoms with Crippen LogP contribution in [0.4, 0.5) is 0 Å². The molecular formula is C10H24N2O3. The minimum Gasteiger partial charge on any atom is -0.395 e. The minimum atomic E-state index is -0.698. The SMILES string of the molecule is NC(O)CCCCCN(CCO)CCO. The molecular weight excluding hydrogens is 196 g/mol. The molecule has 5 heteroatoms. The van der Waals surface area contributed by atoms with Crippen molar-refractivity contribution < 1.29 is 15.3 Å². The molecule has 0 radical (unpaired) electrons. The van der Waals surface area contributed by atoms with E-state index in [4.69, 9.17) is 21.1 Å². The van der Waals surface area contributed by atoms with E-state index in [0.29, 0.717) is 19.5 Å². The van der Waals surface area contributed by atoms with Crippen molar-refractivity contribution in [3.63, 3.8) is 0 Å². The van der Waals surface area contributed by atoms with Gasteiger partial charge in [0.05, 0.1) is 13.2 Å². The fraction of sp³-hybridized carbons (Fsp3) is 1.00. The number of hydrogen-bond donors (Lipinski definition) is 4. The van der Waals surface area contributed by atoms with E-state index < -0.39 is 6.23 Å². The van der Waals surface area contributed by atoms with E-state index in [1.54, 1.807) is 0 Å². The summed E-state index contributed by atoms with van der Waals surface area (Å²) < 4.78 is 0. The van der Waals surface area contributed by atoms with Gasteiger partial charge in [0.2, 0.25) is 0 Å². The van der Waals surface area contributed by atoms with Gasteiger partial charge in [-0.15, -0.1) is 0 Å². The van der Waals surface area contributed by atoms with E-state index in [9.17, 15) is 0 Å². The van der Waals surface area contributed by atoms with E-state index in [2.05, 4.69) is 0 Å². The van der Waals surface area contributed by atoms with Crippen molar-refractivity contribution in [1.29, 1.82) is 0 Å². The summed E-state index contributed by atoms with van der Waals surface area (Å²) in [7, 11) is 0. The predicted octanol–water partition coefficient (Wildman–Crippen LogP) is -0.889. The first kappa shape index (κ1) is 14.8. The molecule has 0 aliphatic rings. The van der Waals surface area contributed by atoms with Gasteiger partial charge >= 0.3 is 0 Å². The summed E-state index contributed by atoms with van der Waals surface area (Å²) in [6.45, 7) is 2.35. The minimum absolute atomic E-state index is 0.127. The molecule has 0 aromatic rings. The molecule has 0 saturated heterocycles. The maximum absolute atomic E-state index is 8.83. The van der Waals surface area contributed by atoms with Crippen LogP contribution in [-0.2, 0) is 0 Å². The third kappa shape index (κ3) is 10.1. The van der Waals surface area contributed by atoms with Gasteiger partial charge in [-0.25, -0.2) is 0 Å². The van der Waals surface area contributed by atoms with Crippen LogP contribution in [0.15, 0.2) is 0 Å². The molecule has 0 fully saturated rings. The Labute approximate surface area is 91.5 Å². The quantitative estimate of drug-likeness (QED) is 0.283. The second kappa shape index (κ2) is 10.3. The summed E-state index contributed by atoms with van der Waals surface area (Å²) in [4.78, 5) is 2.03. The maximum Gasteiger partial charge on any atom is 0.102 e. The van der Waals surface area contributed by atoms with Crippen LogP contribution in [-0.4, -0.2) is 59.3 Å².